The van der Waals surface area contributed by atoms with Crippen molar-refractivity contribution in [1.82, 2.24) is 14.5 Å². The summed E-state index contributed by atoms with van der Waals surface area (Å²) < 4.78 is 28.5. The van der Waals surface area contributed by atoms with Crippen LogP contribution in [0.5, 0.6) is 0 Å². The highest BCUT2D eigenvalue weighted by Crippen LogP contribution is 2.34. The lowest BCUT2D eigenvalue weighted by atomic mass is 10.0. The van der Waals surface area contributed by atoms with Crippen LogP contribution in [0.4, 0.5) is 11.5 Å². The fourth-order valence-corrected chi connectivity index (χ4v) is 6.45. The fraction of sp³-hybridized carbons (Fsp3) is 0.286. The zero-order chi connectivity index (χ0) is 24.6. The number of benzene rings is 3. The van der Waals surface area contributed by atoms with Gasteiger partial charge in [0.15, 0.2) is 5.82 Å². The zero-order valence-corrected chi connectivity index (χ0v) is 21.2. The molecular weight excluding hydrogens is 456 g/mol. The van der Waals surface area contributed by atoms with Gasteiger partial charge in [0.05, 0.1) is 4.90 Å². The number of hydrogen-bond acceptors (Lipinski definition) is 5. The molecule has 1 aliphatic heterocycles. The van der Waals surface area contributed by atoms with E-state index < -0.39 is 10.0 Å². The van der Waals surface area contributed by atoms with Crippen LogP contribution in [0.15, 0.2) is 65.6 Å². The minimum absolute atomic E-state index is 0.348. The van der Waals surface area contributed by atoms with E-state index in [4.69, 9.17) is 0 Å². The summed E-state index contributed by atoms with van der Waals surface area (Å²) in [4.78, 5) is 0.348. The summed E-state index contributed by atoms with van der Waals surface area (Å²) in [6, 6.07) is 19.8. The molecule has 1 N–H and O–H groups in total. The Bertz CT molecular complexity index is 1510. The van der Waals surface area contributed by atoms with Gasteiger partial charge in [-0.2, -0.15) is 4.31 Å². The van der Waals surface area contributed by atoms with E-state index in [2.05, 4.69) is 47.6 Å². The van der Waals surface area contributed by atoms with Crippen molar-refractivity contribution in [2.24, 2.45) is 0 Å². The van der Waals surface area contributed by atoms with Crippen molar-refractivity contribution in [2.45, 2.75) is 44.9 Å². The molecule has 0 unspecified atom stereocenters. The zero-order valence-electron chi connectivity index (χ0n) is 20.4. The standard InChI is InChI=1S/C28H30N4O2S/c1-19-11-12-20(2)25(17-19)29-28-24-10-6-5-9-23(24)27(30-31-28)22-14-13-21(3)26(18-22)35(33,34)32-15-7-4-8-16-32/h5-6,9-14,17-18H,4,7-8,15-16H2,1-3H3,(H,29,31). The van der Waals surface area contributed by atoms with E-state index in [1.807, 2.05) is 43.3 Å². The molecule has 180 valence electrons. The Balaban J connectivity index is 1.59. The van der Waals surface area contributed by atoms with Gasteiger partial charge in [-0.15, -0.1) is 10.2 Å². The van der Waals surface area contributed by atoms with Gasteiger partial charge in [-0.05, 0) is 62.4 Å². The van der Waals surface area contributed by atoms with E-state index in [0.717, 1.165) is 58.0 Å². The van der Waals surface area contributed by atoms with Crippen molar-refractivity contribution < 1.29 is 8.42 Å². The molecule has 0 atom stereocenters. The summed E-state index contributed by atoms with van der Waals surface area (Å²) in [6.45, 7) is 7.12. The summed E-state index contributed by atoms with van der Waals surface area (Å²) in [5.74, 6) is 0.673. The molecule has 0 saturated carbocycles. The maximum absolute atomic E-state index is 13.5. The van der Waals surface area contributed by atoms with Crippen LogP contribution in [-0.4, -0.2) is 36.0 Å². The van der Waals surface area contributed by atoms with Crippen molar-refractivity contribution in [1.29, 1.82) is 0 Å². The average molecular weight is 487 g/mol. The Hall–Kier alpha value is -3.29. The van der Waals surface area contributed by atoms with Crippen LogP contribution in [-0.2, 0) is 10.0 Å². The molecule has 2 heterocycles. The third-order valence-corrected chi connectivity index (χ3v) is 8.77. The molecule has 0 amide bonds. The van der Waals surface area contributed by atoms with E-state index in [-0.39, 0.29) is 0 Å². The highest BCUT2D eigenvalue weighted by atomic mass is 32.2. The van der Waals surface area contributed by atoms with Crippen LogP contribution in [0.25, 0.3) is 22.0 Å². The van der Waals surface area contributed by atoms with Crippen LogP contribution >= 0.6 is 0 Å². The van der Waals surface area contributed by atoms with Gasteiger partial charge in [-0.1, -0.05) is 55.0 Å². The van der Waals surface area contributed by atoms with Gasteiger partial charge < -0.3 is 5.32 Å². The first kappa shape index (κ1) is 23.5. The Morgan fingerprint density at radius 1 is 0.800 bits per heavy atom. The number of hydrogen-bond donors (Lipinski definition) is 1. The van der Waals surface area contributed by atoms with Crippen LogP contribution in [0.2, 0.25) is 0 Å². The third-order valence-electron chi connectivity index (χ3n) is 6.73. The monoisotopic (exact) mass is 486 g/mol. The smallest absolute Gasteiger partial charge is 0.243 e. The highest BCUT2D eigenvalue weighted by molar-refractivity contribution is 7.89. The molecule has 1 aromatic heterocycles. The van der Waals surface area contributed by atoms with Crippen LogP contribution in [0.1, 0.15) is 36.0 Å². The normalized spacial score (nSPS) is 14.8. The predicted octanol–water partition coefficient (Wildman–Crippen LogP) is 6.14. The Morgan fingerprint density at radius 2 is 1.51 bits per heavy atom. The third kappa shape index (κ3) is 4.54. The Labute approximate surface area is 207 Å². The number of fused-ring (bicyclic) bond motifs is 1. The van der Waals surface area contributed by atoms with E-state index in [1.165, 1.54) is 0 Å². The largest absolute Gasteiger partial charge is 0.338 e. The molecule has 0 bridgehead atoms. The van der Waals surface area contributed by atoms with E-state index in [1.54, 1.807) is 10.4 Å². The molecule has 0 spiro atoms. The van der Waals surface area contributed by atoms with Crippen LogP contribution in [0, 0.1) is 20.8 Å². The van der Waals surface area contributed by atoms with Crippen molar-refractivity contribution in [3.63, 3.8) is 0 Å². The molecule has 0 radical (unpaired) electrons. The predicted molar refractivity (Wildman–Crippen MR) is 142 cm³/mol. The maximum atomic E-state index is 13.5. The van der Waals surface area contributed by atoms with E-state index in [0.29, 0.717) is 29.5 Å². The second-order valence-electron chi connectivity index (χ2n) is 9.33. The number of aromatic nitrogens is 2. The minimum atomic E-state index is -3.56. The number of sulfonamides is 1. The molecule has 4 aromatic rings. The first-order chi connectivity index (χ1) is 16.8. The molecule has 1 fully saturated rings. The molecule has 35 heavy (non-hydrogen) atoms. The maximum Gasteiger partial charge on any atom is 0.243 e. The van der Waals surface area contributed by atoms with Gasteiger partial charge in [-0.3, -0.25) is 0 Å². The van der Waals surface area contributed by atoms with Gasteiger partial charge in [0.25, 0.3) is 0 Å². The van der Waals surface area contributed by atoms with Gasteiger partial charge >= 0.3 is 0 Å². The molecule has 7 heteroatoms. The summed E-state index contributed by atoms with van der Waals surface area (Å²) in [5, 5.41) is 14.4. The molecule has 1 saturated heterocycles. The average Bonchev–Trinajstić information content (AvgIpc) is 2.87. The lowest BCUT2D eigenvalue weighted by Crippen LogP contribution is -2.35. The first-order valence-corrected chi connectivity index (χ1v) is 13.5. The Morgan fingerprint density at radius 3 is 2.29 bits per heavy atom. The summed E-state index contributed by atoms with van der Waals surface area (Å²) in [6.07, 6.45) is 2.89. The van der Waals surface area contributed by atoms with Gasteiger partial charge in [0, 0.05) is 35.1 Å². The number of piperidine rings is 1. The van der Waals surface area contributed by atoms with Crippen molar-refractivity contribution >= 4 is 32.3 Å². The lowest BCUT2D eigenvalue weighted by Gasteiger charge is -2.26. The van der Waals surface area contributed by atoms with Crippen molar-refractivity contribution in [3.05, 3.63) is 77.4 Å². The second-order valence-corrected chi connectivity index (χ2v) is 11.2. The highest BCUT2D eigenvalue weighted by Gasteiger charge is 2.28. The number of aryl methyl sites for hydroxylation is 3. The summed E-state index contributed by atoms with van der Waals surface area (Å²) in [7, 11) is -3.56. The molecule has 0 aliphatic carbocycles. The van der Waals surface area contributed by atoms with Crippen LogP contribution < -0.4 is 5.32 Å². The SMILES string of the molecule is Cc1ccc(C)c(Nc2nnc(-c3ccc(C)c(S(=O)(=O)N4CCCCC4)c3)c3ccccc23)c1. The Kier molecular flexibility index (Phi) is 6.30. The van der Waals surface area contributed by atoms with Gasteiger partial charge in [0.2, 0.25) is 10.0 Å². The van der Waals surface area contributed by atoms with Crippen molar-refractivity contribution in [2.75, 3.05) is 18.4 Å². The van der Waals surface area contributed by atoms with E-state index >= 15 is 0 Å². The topological polar surface area (TPSA) is 75.2 Å². The minimum Gasteiger partial charge on any atom is -0.338 e. The number of nitrogens with one attached hydrogen (secondary N) is 1. The second kappa shape index (κ2) is 9.40. The number of anilines is 2. The summed E-state index contributed by atoms with van der Waals surface area (Å²) >= 11 is 0. The summed E-state index contributed by atoms with van der Waals surface area (Å²) in [5.41, 5.74) is 5.42. The number of nitrogens with zero attached hydrogens (tertiary/aromatic N) is 3. The molecular formula is C28H30N4O2S. The molecule has 1 aliphatic rings. The molecule has 3 aromatic carbocycles. The van der Waals surface area contributed by atoms with Gasteiger partial charge in [0.1, 0.15) is 5.69 Å². The fourth-order valence-electron chi connectivity index (χ4n) is 4.68. The number of rotatable bonds is 5. The lowest BCUT2D eigenvalue weighted by molar-refractivity contribution is 0.346. The molecule has 5 rings (SSSR count). The first-order valence-electron chi connectivity index (χ1n) is 12.1. The van der Waals surface area contributed by atoms with Gasteiger partial charge in [-0.25, -0.2) is 8.42 Å². The molecule has 6 nitrogen and oxygen atoms in total. The van der Waals surface area contributed by atoms with Crippen molar-refractivity contribution in [3.8, 4) is 11.3 Å². The van der Waals surface area contributed by atoms with Crippen LogP contribution in [0.3, 0.4) is 0 Å². The quantitative estimate of drug-likeness (QED) is 0.367. The van der Waals surface area contributed by atoms with E-state index in [9.17, 15) is 8.42 Å².